The van der Waals surface area contributed by atoms with Gasteiger partial charge < -0.3 is 5.73 Å². The second kappa shape index (κ2) is 7.17. The zero-order valence-electron chi connectivity index (χ0n) is 10.6. The maximum Gasteiger partial charge on any atom is 0.241 e. The predicted octanol–water partition coefficient (Wildman–Crippen LogP) is 2.96. The normalized spacial score (nSPS) is 13.5. The second-order valence-corrected chi connectivity index (χ2v) is 8.10. The van der Waals surface area contributed by atoms with E-state index in [1.807, 2.05) is 13.2 Å². The SMILES string of the molecule is CSCC(C)CNS(=O)(=O)c1cc(Cl)cc(N)c1Br. The second-order valence-electron chi connectivity index (χ2n) is 4.22. The first kappa shape index (κ1) is 17.1. The molecule has 0 saturated carbocycles. The molecule has 19 heavy (non-hydrogen) atoms. The molecule has 0 radical (unpaired) electrons. The lowest BCUT2D eigenvalue weighted by Gasteiger charge is -2.13. The van der Waals surface area contributed by atoms with Crippen LogP contribution in [-0.2, 0) is 10.0 Å². The molecule has 0 aliphatic carbocycles. The lowest BCUT2D eigenvalue weighted by molar-refractivity contribution is 0.562. The van der Waals surface area contributed by atoms with Crippen molar-refractivity contribution in [2.75, 3.05) is 24.3 Å². The van der Waals surface area contributed by atoms with Crippen molar-refractivity contribution in [3.05, 3.63) is 21.6 Å². The van der Waals surface area contributed by atoms with Crippen LogP contribution in [-0.4, -0.2) is 27.0 Å². The van der Waals surface area contributed by atoms with Gasteiger partial charge in [-0.2, -0.15) is 11.8 Å². The van der Waals surface area contributed by atoms with Crippen LogP contribution in [0.25, 0.3) is 0 Å². The highest BCUT2D eigenvalue weighted by Gasteiger charge is 2.20. The topological polar surface area (TPSA) is 72.2 Å². The summed E-state index contributed by atoms with van der Waals surface area (Å²) in [7, 11) is -3.62. The van der Waals surface area contributed by atoms with E-state index in [2.05, 4.69) is 20.7 Å². The number of benzene rings is 1. The average Bonchev–Trinajstić information content (AvgIpc) is 2.31. The fourth-order valence-electron chi connectivity index (χ4n) is 1.45. The Bertz CT molecular complexity index is 552. The summed E-state index contributed by atoms with van der Waals surface area (Å²) in [5, 5.41) is 0.290. The molecule has 0 aliphatic heterocycles. The van der Waals surface area contributed by atoms with Crippen LogP contribution in [0.15, 0.2) is 21.5 Å². The third-order valence-electron chi connectivity index (χ3n) is 2.39. The molecule has 0 bridgehead atoms. The van der Waals surface area contributed by atoms with Crippen molar-refractivity contribution in [3.8, 4) is 0 Å². The van der Waals surface area contributed by atoms with Gasteiger partial charge in [-0.1, -0.05) is 18.5 Å². The van der Waals surface area contributed by atoms with Crippen LogP contribution in [0.4, 0.5) is 5.69 Å². The van der Waals surface area contributed by atoms with E-state index in [1.54, 1.807) is 11.8 Å². The molecule has 0 aliphatic rings. The summed E-state index contributed by atoms with van der Waals surface area (Å²) < 4.78 is 27.3. The molecule has 1 rings (SSSR count). The smallest absolute Gasteiger partial charge is 0.241 e. The van der Waals surface area contributed by atoms with Gasteiger partial charge in [-0.3, -0.25) is 0 Å². The molecule has 8 heteroatoms. The van der Waals surface area contributed by atoms with Crippen LogP contribution in [0.2, 0.25) is 5.02 Å². The number of nitrogens with one attached hydrogen (secondary N) is 1. The Hall–Kier alpha value is 0.0500. The number of sulfonamides is 1. The quantitative estimate of drug-likeness (QED) is 0.736. The standard InChI is InChI=1S/C11H16BrClN2O2S2/c1-7(6-18-2)5-15-19(16,17)10-4-8(13)3-9(14)11(10)12/h3-4,7,15H,5-6,14H2,1-2H3. The predicted molar refractivity (Wildman–Crippen MR) is 86.3 cm³/mol. The molecule has 0 saturated heterocycles. The molecule has 1 aromatic rings. The number of thioether (sulfide) groups is 1. The largest absolute Gasteiger partial charge is 0.398 e. The average molecular weight is 388 g/mol. The maximum absolute atomic E-state index is 12.2. The van der Waals surface area contributed by atoms with Crippen molar-refractivity contribution >= 4 is 55.0 Å². The molecule has 3 N–H and O–H groups in total. The Balaban J connectivity index is 2.95. The Morgan fingerprint density at radius 1 is 1.53 bits per heavy atom. The van der Waals surface area contributed by atoms with E-state index in [-0.39, 0.29) is 10.8 Å². The van der Waals surface area contributed by atoms with Gasteiger partial charge in [0.2, 0.25) is 10.0 Å². The van der Waals surface area contributed by atoms with E-state index in [0.29, 0.717) is 21.7 Å². The van der Waals surface area contributed by atoms with Gasteiger partial charge in [0.1, 0.15) is 0 Å². The minimum Gasteiger partial charge on any atom is -0.398 e. The number of halogens is 2. The van der Waals surface area contributed by atoms with Gasteiger partial charge in [-0.25, -0.2) is 13.1 Å². The fraction of sp³-hybridized carbons (Fsp3) is 0.455. The van der Waals surface area contributed by atoms with Crippen LogP contribution < -0.4 is 10.5 Å². The van der Waals surface area contributed by atoms with E-state index in [1.165, 1.54) is 12.1 Å². The molecule has 108 valence electrons. The number of rotatable bonds is 6. The van der Waals surface area contributed by atoms with Crippen molar-refractivity contribution in [1.29, 1.82) is 0 Å². The first-order chi connectivity index (χ1) is 8.77. The van der Waals surface area contributed by atoms with E-state index in [0.717, 1.165) is 5.75 Å². The summed E-state index contributed by atoms with van der Waals surface area (Å²) in [4.78, 5) is 0.0638. The minimum atomic E-state index is -3.62. The molecule has 1 unspecified atom stereocenters. The Labute approximate surface area is 131 Å². The van der Waals surface area contributed by atoms with E-state index >= 15 is 0 Å². The van der Waals surface area contributed by atoms with Crippen LogP contribution >= 0.6 is 39.3 Å². The number of hydrogen-bond acceptors (Lipinski definition) is 4. The monoisotopic (exact) mass is 386 g/mol. The van der Waals surface area contributed by atoms with Gasteiger partial charge in [0.15, 0.2) is 0 Å². The third-order valence-corrected chi connectivity index (χ3v) is 6.11. The molecule has 1 aromatic carbocycles. The van der Waals surface area contributed by atoms with Crippen molar-refractivity contribution in [1.82, 2.24) is 4.72 Å². The lowest BCUT2D eigenvalue weighted by atomic mass is 10.2. The Kier molecular flexibility index (Phi) is 6.46. The van der Waals surface area contributed by atoms with Crippen LogP contribution in [0.5, 0.6) is 0 Å². The summed E-state index contributed by atoms with van der Waals surface area (Å²) in [6.45, 7) is 2.36. The molecule has 4 nitrogen and oxygen atoms in total. The van der Waals surface area contributed by atoms with Crippen LogP contribution in [0.3, 0.4) is 0 Å². The van der Waals surface area contributed by atoms with Crippen molar-refractivity contribution in [3.63, 3.8) is 0 Å². The number of anilines is 1. The molecular formula is C11H16BrClN2O2S2. The number of hydrogen-bond donors (Lipinski definition) is 2. The number of nitrogen functional groups attached to an aromatic ring is 1. The van der Waals surface area contributed by atoms with Gasteiger partial charge in [0, 0.05) is 17.3 Å². The zero-order chi connectivity index (χ0) is 14.6. The number of nitrogens with two attached hydrogens (primary N) is 1. The lowest BCUT2D eigenvalue weighted by Crippen LogP contribution is -2.29. The summed E-state index contributed by atoms with van der Waals surface area (Å²) in [5.74, 6) is 1.14. The molecule has 0 amide bonds. The summed E-state index contributed by atoms with van der Waals surface area (Å²) in [6.07, 6.45) is 1.99. The molecule has 0 heterocycles. The maximum atomic E-state index is 12.2. The minimum absolute atomic E-state index is 0.0638. The van der Waals surface area contributed by atoms with Crippen LogP contribution in [0.1, 0.15) is 6.92 Å². The van der Waals surface area contributed by atoms with Crippen LogP contribution in [0, 0.1) is 5.92 Å². The highest BCUT2D eigenvalue weighted by atomic mass is 79.9. The van der Waals surface area contributed by atoms with Crippen molar-refractivity contribution < 1.29 is 8.42 Å². The van der Waals surface area contributed by atoms with E-state index in [9.17, 15) is 8.42 Å². The van der Waals surface area contributed by atoms with Crippen molar-refractivity contribution in [2.45, 2.75) is 11.8 Å². The van der Waals surface area contributed by atoms with Gasteiger partial charge >= 0.3 is 0 Å². The van der Waals surface area contributed by atoms with Gasteiger partial charge in [-0.15, -0.1) is 0 Å². The highest BCUT2D eigenvalue weighted by Crippen LogP contribution is 2.31. The highest BCUT2D eigenvalue weighted by molar-refractivity contribution is 9.10. The summed E-state index contributed by atoms with van der Waals surface area (Å²) in [6, 6.07) is 2.88. The molecule has 1 atom stereocenters. The fourth-order valence-corrected chi connectivity index (χ4v) is 4.59. The molecular weight excluding hydrogens is 372 g/mol. The molecule has 0 aromatic heterocycles. The first-order valence-electron chi connectivity index (χ1n) is 5.51. The molecule has 0 fully saturated rings. The Morgan fingerprint density at radius 2 is 2.16 bits per heavy atom. The van der Waals surface area contributed by atoms with E-state index < -0.39 is 10.0 Å². The Morgan fingerprint density at radius 3 is 2.74 bits per heavy atom. The third kappa shape index (κ3) is 4.82. The van der Waals surface area contributed by atoms with Gasteiger partial charge in [0.25, 0.3) is 0 Å². The summed E-state index contributed by atoms with van der Waals surface area (Å²) >= 11 is 10.7. The first-order valence-corrected chi connectivity index (χ1v) is 9.56. The van der Waals surface area contributed by atoms with E-state index in [4.69, 9.17) is 17.3 Å². The van der Waals surface area contributed by atoms with Gasteiger partial charge in [-0.05, 0) is 46.0 Å². The van der Waals surface area contributed by atoms with Crippen molar-refractivity contribution in [2.24, 2.45) is 5.92 Å². The van der Waals surface area contributed by atoms with Gasteiger partial charge in [0.05, 0.1) is 9.37 Å². The zero-order valence-corrected chi connectivity index (χ0v) is 14.6. The molecule has 0 spiro atoms. The summed E-state index contributed by atoms with van der Waals surface area (Å²) in [5.41, 5.74) is 5.99.